The monoisotopic (exact) mass is 296 g/mol. The fourth-order valence-electron chi connectivity index (χ4n) is 3.48. The van der Waals surface area contributed by atoms with Gasteiger partial charge in [-0.1, -0.05) is 11.6 Å². The Kier molecular flexibility index (Phi) is 4.06. The van der Waals surface area contributed by atoms with Crippen LogP contribution in [0.4, 0.5) is 0 Å². The predicted octanol–water partition coefficient (Wildman–Crippen LogP) is 2.38. The molecule has 0 bridgehead atoms. The van der Waals surface area contributed by atoms with Gasteiger partial charge in [0.15, 0.2) is 11.5 Å². The number of ether oxygens (including phenoxy) is 1. The van der Waals surface area contributed by atoms with Gasteiger partial charge in [-0.2, -0.15) is 0 Å². The molecule has 0 radical (unpaired) electrons. The van der Waals surface area contributed by atoms with Gasteiger partial charge in [0.05, 0.1) is 7.11 Å². The van der Waals surface area contributed by atoms with Crippen LogP contribution in [0, 0.1) is 0 Å². The molecule has 2 aliphatic heterocycles. The molecule has 2 unspecified atom stereocenters. The van der Waals surface area contributed by atoms with E-state index in [9.17, 15) is 5.11 Å². The molecule has 110 valence electrons. The van der Waals surface area contributed by atoms with Gasteiger partial charge >= 0.3 is 0 Å². The number of rotatable bonds is 4. The summed E-state index contributed by atoms with van der Waals surface area (Å²) in [6, 6.07) is 4.61. The summed E-state index contributed by atoms with van der Waals surface area (Å²) >= 11 is 6.06. The summed E-state index contributed by atoms with van der Waals surface area (Å²) in [6.45, 7) is 3.05. The summed E-state index contributed by atoms with van der Waals surface area (Å²) in [4.78, 5) is 2.57. The van der Waals surface area contributed by atoms with Gasteiger partial charge in [0, 0.05) is 41.8 Å². The summed E-state index contributed by atoms with van der Waals surface area (Å²) < 4.78 is 5.14. The van der Waals surface area contributed by atoms with Crippen LogP contribution in [-0.2, 0) is 6.54 Å². The number of aromatic hydroxyl groups is 1. The van der Waals surface area contributed by atoms with E-state index in [4.69, 9.17) is 16.3 Å². The highest BCUT2D eigenvalue weighted by Crippen LogP contribution is 2.34. The molecular formula is C15H21ClN2O2. The molecule has 2 aliphatic rings. The van der Waals surface area contributed by atoms with Gasteiger partial charge in [0.2, 0.25) is 0 Å². The molecule has 4 nitrogen and oxygen atoms in total. The van der Waals surface area contributed by atoms with E-state index in [2.05, 4.69) is 10.2 Å². The van der Waals surface area contributed by atoms with Gasteiger partial charge in [-0.3, -0.25) is 4.90 Å². The smallest absolute Gasteiger partial charge is 0.162 e. The van der Waals surface area contributed by atoms with Crippen LogP contribution in [0.3, 0.4) is 0 Å². The summed E-state index contributed by atoms with van der Waals surface area (Å²) in [5.74, 6) is 0.619. The lowest BCUT2D eigenvalue weighted by atomic mass is 10.1. The molecule has 0 spiro atoms. The van der Waals surface area contributed by atoms with Crippen molar-refractivity contribution in [1.29, 1.82) is 0 Å². The highest BCUT2D eigenvalue weighted by molar-refractivity contribution is 6.30. The fourth-order valence-corrected chi connectivity index (χ4v) is 3.71. The Morgan fingerprint density at radius 1 is 1.40 bits per heavy atom. The molecule has 2 fully saturated rings. The molecule has 0 aliphatic carbocycles. The molecule has 2 N–H and O–H groups in total. The zero-order chi connectivity index (χ0) is 14.1. The van der Waals surface area contributed by atoms with Crippen molar-refractivity contribution in [1.82, 2.24) is 10.2 Å². The van der Waals surface area contributed by atoms with E-state index in [1.807, 2.05) is 0 Å². The Balaban J connectivity index is 1.68. The second-order valence-corrected chi connectivity index (χ2v) is 6.07. The van der Waals surface area contributed by atoms with E-state index in [1.165, 1.54) is 39.5 Å². The Morgan fingerprint density at radius 3 is 3.05 bits per heavy atom. The first kappa shape index (κ1) is 14.0. The summed E-state index contributed by atoms with van der Waals surface area (Å²) in [6.07, 6.45) is 3.77. The minimum atomic E-state index is 0.186. The first-order valence-electron chi connectivity index (χ1n) is 7.22. The lowest BCUT2D eigenvalue weighted by Crippen LogP contribution is -2.38. The first-order chi connectivity index (χ1) is 9.69. The number of benzene rings is 1. The normalized spacial score (nSPS) is 25.9. The predicted molar refractivity (Wildman–Crippen MR) is 79.5 cm³/mol. The van der Waals surface area contributed by atoms with E-state index >= 15 is 0 Å². The van der Waals surface area contributed by atoms with Gasteiger partial charge < -0.3 is 15.2 Å². The Morgan fingerprint density at radius 2 is 2.25 bits per heavy atom. The van der Waals surface area contributed by atoms with E-state index < -0.39 is 0 Å². The van der Waals surface area contributed by atoms with Crippen LogP contribution in [0.25, 0.3) is 0 Å². The number of nitrogens with one attached hydrogen (secondary N) is 1. The van der Waals surface area contributed by atoms with Crippen LogP contribution in [0.5, 0.6) is 11.5 Å². The molecule has 2 heterocycles. The van der Waals surface area contributed by atoms with Crippen LogP contribution in [-0.4, -0.2) is 42.3 Å². The van der Waals surface area contributed by atoms with Crippen molar-refractivity contribution < 1.29 is 9.84 Å². The SMILES string of the molecule is COc1cc(Cl)cc(CNC2CCN3CCCC23)c1O. The second-order valence-electron chi connectivity index (χ2n) is 5.64. The molecule has 2 saturated heterocycles. The van der Waals surface area contributed by atoms with Crippen LogP contribution in [0.1, 0.15) is 24.8 Å². The number of hydrogen-bond acceptors (Lipinski definition) is 4. The van der Waals surface area contributed by atoms with E-state index in [1.54, 1.807) is 12.1 Å². The molecular weight excluding hydrogens is 276 g/mol. The van der Waals surface area contributed by atoms with Crippen LogP contribution in [0.15, 0.2) is 12.1 Å². The van der Waals surface area contributed by atoms with Crippen LogP contribution in [0.2, 0.25) is 5.02 Å². The third-order valence-electron chi connectivity index (χ3n) is 4.50. The van der Waals surface area contributed by atoms with Crippen molar-refractivity contribution in [2.75, 3.05) is 20.2 Å². The average Bonchev–Trinajstić information content (AvgIpc) is 3.03. The molecule has 1 aromatic rings. The topological polar surface area (TPSA) is 44.7 Å². The van der Waals surface area contributed by atoms with E-state index in [0.717, 1.165) is 5.56 Å². The van der Waals surface area contributed by atoms with Gasteiger partial charge in [0.1, 0.15) is 0 Å². The molecule has 1 aromatic carbocycles. The van der Waals surface area contributed by atoms with Gasteiger partial charge in [-0.05, 0) is 31.9 Å². The van der Waals surface area contributed by atoms with E-state index in [-0.39, 0.29) is 5.75 Å². The molecule has 0 saturated carbocycles. The zero-order valence-electron chi connectivity index (χ0n) is 11.7. The zero-order valence-corrected chi connectivity index (χ0v) is 12.5. The van der Waals surface area contributed by atoms with Crippen LogP contribution >= 0.6 is 11.6 Å². The third kappa shape index (κ3) is 2.60. The molecule has 20 heavy (non-hydrogen) atoms. The van der Waals surface area contributed by atoms with Crippen molar-refractivity contribution >= 4 is 11.6 Å². The Labute approximate surface area is 124 Å². The third-order valence-corrected chi connectivity index (χ3v) is 4.72. The van der Waals surface area contributed by atoms with Gasteiger partial charge in [0.25, 0.3) is 0 Å². The van der Waals surface area contributed by atoms with E-state index in [0.29, 0.717) is 29.4 Å². The molecule has 5 heteroatoms. The van der Waals surface area contributed by atoms with Crippen molar-refractivity contribution in [3.63, 3.8) is 0 Å². The number of nitrogens with zero attached hydrogens (tertiary/aromatic N) is 1. The average molecular weight is 297 g/mol. The fraction of sp³-hybridized carbons (Fsp3) is 0.600. The summed E-state index contributed by atoms with van der Waals surface area (Å²) in [7, 11) is 1.54. The standard InChI is InChI=1S/C15H21ClN2O2/c1-20-14-8-11(16)7-10(15(14)19)9-17-12-4-6-18-5-2-3-13(12)18/h7-8,12-13,17,19H,2-6,9H2,1H3. The quantitative estimate of drug-likeness (QED) is 0.895. The van der Waals surface area contributed by atoms with Crippen molar-refractivity contribution in [3.05, 3.63) is 22.7 Å². The highest BCUT2D eigenvalue weighted by Gasteiger charge is 2.36. The second kappa shape index (κ2) is 5.80. The van der Waals surface area contributed by atoms with Gasteiger partial charge in [-0.15, -0.1) is 0 Å². The minimum absolute atomic E-state index is 0.186. The number of methoxy groups -OCH3 is 1. The number of phenolic OH excluding ortho intramolecular Hbond substituents is 1. The Hall–Kier alpha value is -0.970. The number of phenols is 1. The van der Waals surface area contributed by atoms with Gasteiger partial charge in [-0.25, -0.2) is 0 Å². The lowest BCUT2D eigenvalue weighted by Gasteiger charge is -2.21. The Bertz CT molecular complexity index is 495. The lowest BCUT2D eigenvalue weighted by molar-refractivity contribution is 0.297. The molecule has 2 atom stereocenters. The largest absolute Gasteiger partial charge is 0.504 e. The number of halogens is 1. The minimum Gasteiger partial charge on any atom is -0.504 e. The maximum atomic E-state index is 10.1. The molecule has 3 rings (SSSR count). The van der Waals surface area contributed by atoms with Crippen molar-refractivity contribution in [3.8, 4) is 11.5 Å². The highest BCUT2D eigenvalue weighted by atomic mass is 35.5. The maximum absolute atomic E-state index is 10.1. The summed E-state index contributed by atoms with van der Waals surface area (Å²) in [5.41, 5.74) is 0.797. The van der Waals surface area contributed by atoms with Crippen LogP contribution < -0.4 is 10.1 Å². The molecule has 0 aromatic heterocycles. The van der Waals surface area contributed by atoms with Crippen molar-refractivity contribution in [2.24, 2.45) is 0 Å². The number of hydrogen-bond donors (Lipinski definition) is 2. The van der Waals surface area contributed by atoms with Crippen molar-refractivity contribution in [2.45, 2.75) is 37.9 Å². The molecule has 0 amide bonds. The summed E-state index contributed by atoms with van der Waals surface area (Å²) in [5, 5.41) is 14.3. The maximum Gasteiger partial charge on any atom is 0.162 e. The first-order valence-corrected chi connectivity index (χ1v) is 7.59. The number of fused-ring (bicyclic) bond motifs is 1.